The van der Waals surface area contributed by atoms with Gasteiger partial charge in [0.2, 0.25) is 0 Å². The highest BCUT2D eigenvalue weighted by atomic mass is 19.1. The Labute approximate surface area is 111 Å². The van der Waals surface area contributed by atoms with E-state index in [-0.39, 0.29) is 5.56 Å². The number of hydrogen-bond acceptors (Lipinski definition) is 2. The molecule has 0 fully saturated rings. The molecule has 0 spiro atoms. The number of rotatable bonds is 6. The van der Waals surface area contributed by atoms with Crippen molar-refractivity contribution >= 4 is 0 Å². The third-order valence-electron chi connectivity index (χ3n) is 2.75. The monoisotopic (exact) mass is 261 g/mol. The van der Waals surface area contributed by atoms with Crippen molar-refractivity contribution in [3.05, 3.63) is 70.4 Å². The van der Waals surface area contributed by atoms with Gasteiger partial charge >= 0.3 is 0 Å². The number of benzene rings is 1. The van der Waals surface area contributed by atoms with Gasteiger partial charge in [0.15, 0.2) is 0 Å². The van der Waals surface area contributed by atoms with Gasteiger partial charge in [0.05, 0.1) is 6.61 Å². The summed E-state index contributed by atoms with van der Waals surface area (Å²) in [5.41, 5.74) is 0.926. The second-order valence-electron chi connectivity index (χ2n) is 4.27. The summed E-state index contributed by atoms with van der Waals surface area (Å²) in [5.74, 6) is -0.398. The van der Waals surface area contributed by atoms with Gasteiger partial charge in [-0.15, -0.1) is 0 Å². The first-order valence-electron chi connectivity index (χ1n) is 6.23. The predicted molar refractivity (Wildman–Crippen MR) is 71.4 cm³/mol. The zero-order valence-electron chi connectivity index (χ0n) is 10.6. The Kier molecular flexibility index (Phi) is 4.86. The Balaban J connectivity index is 1.72. The maximum absolute atomic E-state index is 13.0. The number of nitrogens with zero attached hydrogens (tertiary/aromatic N) is 1. The Morgan fingerprint density at radius 2 is 1.89 bits per heavy atom. The summed E-state index contributed by atoms with van der Waals surface area (Å²) in [4.78, 5) is 11.4. The van der Waals surface area contributed by atoms with E-state index in [4.69, 9.17) is 4.74 Å². The van der Waals surface area contributed by atoms with Crippen molar-refractivity contribution in [3.63, 3.8) is 0 Å². The zero-order chi connectivity index (χ0) is 13.5. The summed E-state index contributed by atoms with van der Waals surface area (Å²) < 4.78 is 19.8. The summed E-state index contributed by atoms with van der Waals surface area (Å²) in [7, 11) is 0. The molecule has 0 aliphatic carbocycles. The molecule has 0 saturated carbocycles. The van der Waals surface area contributed by atoms with Gasteiger partial charge < -0.3 is 9.30 Å². The van der Waals surface area contributed by atoms with Gasteiger partial charge in [0.25, 0.3) is 5.56 Å². The van der Waals surface area contributed by atoms with Gasteiger partial charge in [-0.2, -0.15) is 0 Å². The normalized spacial score (nSPS) is 10.6. The van der Waals surface area contributed by atoms with Crippen molar-refractivity contribution in [2.75, 3.05) is 6.61 Å². The van der Waals surface area contributed by atoms with Crippen LogP contribution in [-0.2, 0) is 17.9 Å². The number of aryl methyl sites for hydroxylation is 1. The van der Waals surface area contributed by atoms with Crippen LogP contribution in [0.5, 0.6) is 0 Å². The van der Waals surface area contributed by atoms with Crippen molar-refractivity contribution in [1.29, 1.82) is 0 Å². The van der Waals surface area contributed by atoms with Crippen molar-refractivity contribution in [1.82, 2.24) is 4.57 Å². The number of aromatic nitrogens is 1. The van der Waals surface area contributed by atoms with E-state index in [2.05, 4.69) is 0 Å². The summed E-state index contributed by atoms with van der Waals surface area (Å²) >= 11 is 0. The molecule has 3 nitrogen and oxygen atoms in total. The maximum atomic E-state index is 13.0. The maximum Gasteiger partial charge on any atom is 0.250 e. The van der Waals surface area contributed by atoms with Gasteiger partial charge in [0, 0.05) is 25.4 Å². The molecular formula is C15H16FNO2. The first kappa shape index (κ1) is 13.5. The van der Waals surface area contributed by atoms with Gasteiger partial charge in [-0.25, -0.2) is 4.39 Å². The molecule has 0 bridgehead atoms. The van der Waals surface area contributed by atoms with E-state index >= 15 is 0 Å². The molecule has 1 heterocycles. The average molecular weight is 261 g/mol. The SMILES string of the molecule is O=c1ccc(F)cn1CCCOCc1ccccc1. The minimum atomic E-state index is -0.398. The van der Waals surface area contributed by atoms with Crippen LogP contribution in [0.25, 0.3) is 0 Å². The molecule has 19 heavy (non-hydrogen) atoms. The first-order chi connectivity index (χ1) is 9.25. The fourth-order valence-corrected chi connectivity index (χ4v) is 1.78. The van der Waals surface area contributed by atoms with E-state index in [9.17, 15) is 9.18 Å². The fraction of sp³-hybridized carbons (Fsp3) is 0.267. The molecule has 1 aromatic heterocycles. The van der Waals surface area contributed by atoms with Crippen LogP contribution in [0.1, 0.15) is 12.0 Å². The van der Waals surface area contributed by atoms with E-state index in [0.29, 0.717) is 26.2 Å². The average Bonchev–Trinajstić information content (AvgIpc) is 2.43. The standard InChI is InChI=1S/C15H16FNO2/c16-14-7-8-15(18)17(11-14)9-4-10-19-12-13-5-2-1-3-6-13/h1-3,5-8,11H,4,9-10,12H2. The predicted octanol–water partition coefficient (Wildman–Crippen LogP) is 2.59. The van der Waals surface area contributed by atoms with Gasteiger partial charge in [-0.05, 0) is 18.1 Å². The highest BCUT2D eigenvalue weighted by Crippen LogP contribution is 2.01. The molecular weight excluding hydrogens is 245 g/mol. The summed E-state index contributed by atoms with van der Waals surface area (Å²) in [6, 6.07) is 12.3. The lowest BCUT2D eigenvalue weighted by Gasteiger charge is -2.06. The molecule has 0 radical (unpaired) electrons. The molecule has 100 valence electrons. The van der Waals surface area contributed by atoms with Crippen LogP contribution in [0.4, 0.5) is 4.39 Å². The molecule has 2 rings (SSSR count). The lowest BCUT2D eigenvalue weighted by Crippen LogP contribution is -2.19. The minimum absolute atomic E-state index is 0.190. The third kappa shape index (κ3) is 4.34. The van der Waals surface area contributed by atoms with Crippen LogP contribution in [0.15, 0.2) is 53.5 Å². The smallest absolute Gasteiger partial charge is 0.250 e. The summed E-state index contributed by atoms with van der Waals surface area (Å²) in [6.45, 7) is 1.56. The van der Waals surface area contributed by atoms with Crippen molar-refractivity contribution in [3.8, 4) is 0 Å². The van der Waals surface area contributed by atoms with Crippen LogP contribution in [0.3, 0.4) is 0 Å². The van der Waals surface area contributed by atoms with Crippen molar-refractivity contribution in [2.45, 2.75) is 19.6 Å². The van der Waals surface area contributed by atoms with E-state index in [1.54, 1.807) is 0 Å². The van der Waals surface area contributed by atoms with E-state index in [1.165, 1.54) is 22.9 Å². The van der Waals surface area contributed by atoms with Crippen LogP contribution in [-0.4, -0.2) is 11.2 Å². The third-order valence-corrected chi connectivity index (χ3v) is 2.75. The highest BCUT2D eigenvalue weighted by Gasteiger charge is 1.98. The topological polar surface area (TPSA) is 31.2 Å². The minimum Gasteiger partial charge on any atom is -0.377 e. The van der Waals surface area contributed by atoms with Gasteiger partial charge in [0.1, 0.15) is 5.82 Å². The van der Waals surface area contributed by atoms with Crippen LogP contribution < -0.4 is 5.56 Å². The summed E-state index contributed by atoms with van der Waals surface area (Å²) in [6.07, 6.45) is 1.90. The molecule has 0 saturated heterocycles. The molecule has 0 N–H and O–H groups in total. The number of hydrogen-bond donors (Lipinski definition) is 0. The molecule has 2 aromatic rings. The lowest BCUT2D eigenvalue weighted by molar-refractivity contribution is 0.115. The molecule has 0 unspecified atom stereocenters. The number of halogens is 1. The lowest BCUT2D eigenvalue weighted by atomic mass is 10.2. The molecule has 4 heteroatoms. The second-order valence-corrected chi connectivity index (χ2v) is 4.27. The van der Waals surface area contributed by atoms with Gasteiger partial charge in [-0.1, -0.05) is 30.3 Å². The fourth-order valence-electron chi connectivity index (χ4n) is 1.78. The largest absolute Gasteiger partial charge is 0.377 e. The quantitative estimate of drug-likeness (QED) is 0.748. The molecule has 0 amide bonds. The Hall–Kier alpha value is -1.94. The first-order valence-corrected chi connectivity index (χ1v) is 6.23. The number of pyridine rings is 1. The van der Waals surface area contributed by atoms with Crippen molar-refractivity contribution < 1.29 is 9.13 Å². The molecule has 0 aliphatic rings. The van der Waals surface area contributed by atoms with Crippen LogP contribution in [0, 0.1) is 5.82 Å². The summed E-state index contributed by atoms with van der Waals surface area (Å²) in [5, 5.41) is 0. The molecule has 0 aliphatic heterocycles. The molecule has 0 atom stereocenters. The van der Waals surface area contributed by atoms with E-state index < -0.39 is 5.82 Å². The zero-order valence-corrected chi connectivity index (χ0v) is 10.6. The highest BCUT2D eigenvalue weighted by molar-refractivity contribution is 5.13. The second kappa shape index (κ2) is 6.85. The number of ether oxygens (including phenoxy) is 1. The Morgan fingerprint density at radius 1 is 1.11 bits per heavy atom. The Bertz CT molecular complexity index is 566. The van der Waals surface area contributed by atoms with Gasteiger partial charge in [-0.3, -0.25) is 4.79 Å². The van der Waals surface area contributed by atoms with E-state index in [0.717, 1.165) is 5.56 Å². The molecule has 1 aromatic carbocycles. The Morgan fingerprint density at radius 3 is 2.68 bits per heavy atom. The van der Waals surface area contributed by atoms with Crippen molar-refractivity contribution in [2.24, 2.45) is 0 Å². The van der Waals surface area contributed by atoms with Crippen LogP contribution in [0.2, 0.25) is 0 Å². The van der Waals surface area contributed by atoms with Crippen LogP contribution >= 0.6 is 0 Å². The van der Waals surface area contributed by atoms with E-state index in [1.807, 2.05) is 30.3 Å².